The van der Waals surface area contributed by atoms with E-state index >= 15 is 0 Å². The smallest absolute Gasteiger partial charge is 0.191 e. The first-order valence-electron chi connectivity index (χ1n) is 8.29. The fraction of sp³-hybridized carbons (Fsp3) is 0.706. The van der Waals surface area contributed by atoms with E-state index in [1.807, 2.05) is 7.05 Å². The SMILES string of the molecule is CCNC(=NCc1ccn(C)c1)NC1C2CCOC2C1(C)C. The van der Waals surface area contributed by atoms with Crippen molar-refractivity contribution in [1.29, 1.82) is 0 Å². The monoisotopic (exact) mass is 304 g/mol. The molecule has 5 nitrogen and oxygen atoms in total. The average Bonchev–Trinajstić information content (AvgIpc) is 3.09. The third-order valence-electron chi connectivity index (χ3n) is 5.05. The van der Waals surface area contributed by atoms with Crippen LogP contribution < -0.4 is 10.6 Å². The van der Waals surface area contributed by atoms with Gasteiger partial charge in [0, 0.05) is 50.0 Å². The van der Waals surface area contributed by atoms with Gasteiger partial charge in [-0.05, 0) is 25.0 Å². The van der Waals surface area contributed by atoms with Crippen molar-refractivity contribution in [2.45, 2.75) is 45.9 Å². The summed E-state index contributed by atoms with van der Waals surface area (Å²) in [6.45, 7) is 9.16. The molecule has 1 aliphatic carbocycles. The molecule has 0 bridgehead atoms. The molecular formula is C17H28N4O. The Bertz CT molecular complexity index is 549. The van der Waals surface area contributed by atoms with Crippen LogP contribution in [0.3, 0.4) is 0 Å². The van der Waals surface area contributed by atoms with Gasteiger partial charge in [-0.25, -0.2) is 4.99 Å². The molecule has 0 radical (unpaired) electrons. The molecule has 3 atom stereocenters. The summed E-state index contributed by atoms with van der Waals surface area (Å²) < 4.78 is 7.92. The number of aromatic nitrogens is 1. The molecule has 2 N–H and O–H groups in total. The number of rotatable bonds is 4. The first-order chi connectivity index (χ1) is 10.5. The molecule has 122 valence electrons. The molecule has 2 fully saturated rings. The van der Waals surface area contributed by atoms with Crippen LogP contribution in [0.5, 0.6) is 0 Å². The van der Waals surface area contributed by atoms with E-state index in [9.17, 15) is 0 Å². The van der Waals surface area contributed by atoms with E-state index in [-0.39, 0.29) is 5.41 Å². The van der Waals surface area contributed by atoms with Crippen LogP contribution >= 0.6 is 0 Å². The van der Waals surface area contributed by atoms with E-state index in [0.717, 1.165) is 25.5 Å². The van der Waals surface area contributed by atoms with Crippen LogP contribution in [-0.2, 0) is 18.3 Å². The molecule has 2 heterocycles. The van der Waals surface area contributed by atoms with Crippen molar-refractivity contribution in [2.75, 3.05) is 13.2 Å². The Labute approximate surface area is 133 Å². The lowest BCUT2D eigenvalue weighted by Crippen LogP contribution is -2.67. The molecule has 3 rings (SSSR count). The highest BCUT2D eigenvalue weighted by atomic mass is 16.5. The van der Waals surface area contributed by atoms with Crippen LogP contribution in [0.15, 0.2) is 23.5 Å². The quantitative estimate of drug-likeness (QED) is 0.660. The zero-order valence-electron chi connectivity index (χ0n) is 14.1. The highest BCUT2D eigenvalue weighted by molar-refractivity contribution is 5.80. The molecular weight excluding hydrogens is 276 g/mol. The molecule has 2 aliphatic rings. The van der Waals surface area contributed by atoms with Gasteiger partial charge in [-0.15, -0.1) is 0 Å². The summed E-state index contributed by atoms with van der Waals surface area (Å²) in [6, 6.07) is 2.55. The maximum Gasteiger partial charge on any atom is 0.191 e. The van der Waals surface area contributed by atoms with Gasteiger partial charge in [0.05, 0.1) is 12.6 Å². The van der Waals surface area contributed by atoms with E-state index in [2.05, 4.69) is 54.4 Å². The summed E-state index contributed by atoms with van der Waals surface area (Å²) in [6.07, 6.45) is 5.73. The van der Waals surface area contributed by atoms with Gasteiger partial charge < -0.3 is 19.9 Å². The second kappa shape index (κ2) is 5.95. The Morgan fingerprint density at radius 1 is 1.50 bits per heavy atom. The maximum atomic E-state index is 5.87. The molecule has 1 aliphatic heterocycles. The van der Waals surface area contributed by atoms with E-state index < -0.39 is 0 Å². The highest BCUT2D eigenvalue weighted by Gasteiger charge is 2.59. The van der Waals surface area contributed by atoms with Crippen LogP contribution in [0.4, 0.5) is 0 Å². The number of hydrogen-bond donors (Lipinski definition) is 2. The molecule has 1 saturated carbocycles. The Hall–Kier alpha value is -1.49. The van der Waals surface area contributed by atoms with Crippen molar-refractivity contribution in [1.82, 2.24) is 15.2 Å². The molecule has 1 aromatic rings. The minimum absolute atomic E-state index is 0.171. The summed E-state index contributed by atoms with van der Waals surface area (Å²) >= 11 is 0. The summed E-state index contributed by atoms with van der Waals surface area (Å²) in [5, 5.41) is 7.01. The lowest BCUT2D eigenvalue weighted by Gasteiger charge is -2.54. The van der Waals surface area contributed by atoms with Crippen molar-refractivity contribution in [2.24, 2.45) is 23.4 Å². The number of aliphatic imine (C=N–C) groups is 1. The number of nitrogens with zero attached hydrogens (tertiary/aromatic N) is 2. The van der Waals surface area contributed by atoms with Gasteiger partial charge in [0.15, 0.2) is 5.96 Å². The number of fused-ring (bicyclic) bond motifs is 1. The van der Waals surface area contributed by atoms with Gasteiger partial charge in [-0.1, -0.05) is 13.8 Å². The summed E-state index contributed by atoms with van der Waals surface area (Å²) in [5.41, 5.74) is 1.40. The molecule has 0 spiro atoms. The lowest BCUT2D eigenvalue weighted by atomic mass is 9.57. The zero-order chi connectivity index (χ0) is 15.7. The number of guanidine groups is 1. The first-order valence-corrected chi connectivity index (χ1v) is 8.29. The van der Waals surface area contributed by atoms with Crippen molar-refractivity contribution in [3.05, 3.63) is 24.0 Å². The largest absolute Gasteiger partial charge is 0.377 e. The van der Waals surface area contributed by atoms with E-state index in [0.29, 0.717) is 24.6 Å². The standard InChI is InChI=1S/C17H28N4O/c1-5-18-16(19-10-12-6-8-21(4)11-12)20-14-13-7-9-22-15(13)17(14,2)3/h6,8,11,13-15H,5,7,9-10H2,1-4H3,(H2,18,19,20). The number of ether oxygens (including phenoxy) is 1. The fourth-order valence-electron chi connectivity index (χ4n) is 3.91. The second-order valence-electron chi connectivity index (χ2n) is 7.07. The van der Waals surface area contributed by atoms with Gasteiger partial charge in [0.2, 0.25) is 0 Å². The molecule has 0 amide bonds. The van der Waals surface area contributed by atoms with Gasteiger partial charge >= 0.3 is 0 Å². The highest BCUT2D eigenvalue weighted by Crippen LogP contribution is 2.52. The van der Waals surface area contributed by atoms with Crippen molar-refractivity contribution < 1.29 is 4.74 Å². The topological polar surface area (TPSA) is 50.6 Å². The van der Waals surface area contributed by atoms with Gasteiger partial charge in [-0.2, -0.15) is 0 Å². The number of hydrogen-bond acceptors (Lipinski definition) is 2. The lowest BCUT2D eigenvalue weighted by molar-refractivity contribution is -0.106. The normalized spacial score (nSPS) is 29.8. The maximum absolute atomic E-state index is 5.87. The Morgan fingerprint density at radius 2 is 2.32 bits per heavy atom. The fourth-order valence-corrected chi connectivity index (χ4v) is 3.91. The zero-order valence-corrected chi connectivity index (χ0v) is 14.1. The predicted molar refractivity (Wildman–Crippen MR) is 88.8 cm³/mol. The Morgan fingerprint density at radius 3 is 3.00 bits per heavy atom. The minimum atomic E-state index is 0.171. The van der Waals surface area contributed by atoms with Gasteiger partial charge in [0.1, 0.15) is 0 Å². The number of aryl methyl sites for hydroxylation is 1. The van der Waals surface area contributed by atoms with E-state index in [1.165, 1.54) is 5.56 Å². The van der Waals surface area contributed by atoms with Crippen molar-refractivity contribution in [3.63, 3.8) is 0 Å². The third-order valence-corrected chi connectivity index (χ3v) is 5.05. The van der Waals surface area contributed by atoms with Crippen molar-refractivity contribution in [3.8, 4) is 0 Å². The molecule has 0 aromatic carbocycles. The van der Waals surface area contributed by atoms with E-state index in [4.69, 9.17) is 9.73 Å². The molecule has 1 aromatic heterocycles. The first kappa shape index (κ1) is 15.4. The summed E-state index contributed by atoms with van der Waals surface area (Å²) in [5.74, 6) is 1.53. The van der Waals surface area contributed by atoms with E-state index in [1.54, 1.807) is 0 Å². The van der Waals surface area contributed by atoms with Crippen LogP contribution in [0.2, 0.25) is 0 Å². The Balaban J connectivity index is 1.66. The Kier molecular flexibility index (Phi) is 4.17. The third kappa shape index (κ3) is 2.74. The molecule has 5 heteroatoms. The van der Waals surface area contributed by atoms with Crippen LogP contribution in [0.1, 0.15) is 32.8 Å². The average molecular weight is 304 g/mol. The van der Waals surface area contributed by atoms with Crippen LogP contribution in [0, 0.1) is 11.3 Å². The van der Waals surface area contributed by atoms with Gasteiger partial charge in [0.25, 0.3) is 0 Å². The number of nitrogens with one attached hydrogen (secondary N) is 2. The molecule has 1 saturated heterocycles. The van der Waals surface area contributed by atoms with Crippen LogP contribution in [0.25, 0.3) is 0 Å². The summed E-state index contributed by atoms with van der Waals surface area (Å²) in [4.78, 5) is 4.74. The summed E-state index contributed by atoms with van der Waals surface area (Å²) in [7, 11) is 2.04. The van der Waals surface area contributed by atoms with Gasteiger partial charge in [-0.3, -0.25) is 0 Å². The van der Waals surface area contributed by atoms with Crippen molar-refractivity contribution >= 4 is 5.96 Å². The minimum Gasteiger partial charge on any atom is -0.377 e. The second-order valence-corrected chi connectivity index (χ2v) is 7.07. The molecule has 3 unspecified atom stereocenters. The predicted octanol–water partition coefficient (Wildman–Crippen LogP) is 1.89. The molecule has 22 heavy (non-hydrogen) atoms. The van der Waals surface area contributed by atoms with Crippen LogP contribution in [-0.4, -0.2) is 35.8 Å².